The Morgan fingerprint density at radius 2 is 0.955 bits per heavy atom. The van der Waals surface area contributed by atoms with Crippen LogP contribution in [0.25, 0.3) is 0 Å². The van der Waals surface area contributed by atoms with Gasteiger partial charge in [0.05, 0.1) is 33.1 Å². The van der Waals surface area contributed by atoms with Crippen molar-refractivity contribution < 1.29 is 16.9 Å². The van der Waals surface area contributed by atoms with Gasteiger partial charge in [0, 0.05) is 0 Å². The van der Waals surface area contributed by atoms with Crippen LogP contribution in [0.4, 0.5) is 0 Å². The maximum Gasteiger partial charge on any atom is 0.0920 e. The molecule has 0 rings (SSSR count). The first-order valence-corrected chi connectivity index (χ1v) is 10.0. The number of alkyl halides is 1. The molecule has 0 radical (unpaired) electrons. The van der Waals surface area contributed by atoms with E-state index in [9.17, 15) is 0 Å². The molecule has 0 amide bonds. The van der Waals surface area contributed by atoms with Crippen LogP contribution >= 0.6 is 11.6 Å². The van der Waals surface area contributed by atoms with E-state index in [1.807, 2.05) is 0 Å². The van der Waals surface area contributed by atoms with E-state index in [1.54, 1.807) is 0 Å². The van der Waals surface area contributed by atoms with Gasteiger partial charge in [0.1, 0.15) is 0 Å². The maximum atomic E-state index is 5.83. The normalized spacial score (nSPS) is 11.5. The van der Waals surface area contributed by atoms with Crippen molar-refractivity contribution in [3.8, 4) is 0 Å². The number of hydrogen-bond acceptors (Lipinski definition) is 0. The average Bonchev–Trinajstić information content (AvgIpc) is 2.44. The van der Waals surface area contributed by atoms with Crippen molar-refractivity contribution in [3.05, 3.63) is 0 Å². The number of quaternary nitrogens is 1. The molecule has 0 saturated heterocycles. The van der Waals surface area contributed by atoms with E-state index in [4.69, 9.17) is 11.6 Å². The first-order valence-electron chi connectivity index (χ1n) is 9.50. The fourth-order valence-corrected chi connectivity index (χ4v) is 3.36. The molecular weight excluding hydrogens is 313 g/mol. The predicted molar refractivity (Wildman–Crippen MR) is 98.3 cm³/mol. The van der Waals surface area contributed by atoms with Gasteiger partial charge in [-0.3, -0.25) is 0 Å². The molecule has 0 aromatic rings. The van der Waals surface area contributed by atoms with E-state index in [0.717, 1.165) is 16.9 Å². The summed E-state index contributed by atoms with van der Waals surface area (Å²) in [5.41, 5.74) is 0. The van der Waals surface area contributed by atoms with E-state index < -0.39 is 0 Å². The van der Waals surface area contributed by atoms with Gasteiger partial charge in [-0.2, -0.15) is 0 Å². The van der Waals surface area contributed by atoms with Crippen LogP contribution in [0.5, 0.6) is 0 Å². The molecule has 0 unspecified atom stereocenters. The number of hydrogen-bond donors (Lipinski definition) is 0. The third kappa shape index (κ3) is 18.6. The van der Waals surface area contributed by atoms with Crippen LogP contribution in [-0.4, -0.2) is 37.5 Å². The number of rotatable bonds is 16. The summed E-state index contributed by atoms with van der Waals surface area (Å²) in [6.45, 7) is 4.67. The first kappa shape index (κ1) is 24.8. The Kier molecular flexibility index (Phi) is 20.2. The lowest BCUT2D eigenvalue weighted by Crippen LogP contribution is -3.00. The summed E-state index contributed by atoms with van der Waals surface area (Å²) in [7, 11) is 4.59. The highest BCUT2D eigenvalue weighted by Crippen LogP contribution is 2.13. The molecule has 0 aliphatic rings. The van der Waals surface area contributed by atoms with Crippen molar-refractivity contribution in [1.82, 2.24) is 0 Å². The van der Waals surface area contributed by atoms with Gasteiger partial charge in [-0.05, 0) is 12.8 Å². The first-order chi connectivity index (χ1) is 10.1. The van der Waals surface area contributed by atoms with Crippen LogP contribution < -0.4 is 12.4 Å². The molecule has 0 atom stereocenters. The summed E-state index contributed by atoms with van der Waals surface area (Å²) < 4.78 is 1.08. The zero-order chi connectivity index (χ0) is 15.8. The topological polar surface area (TPSA) is 0 Å². The van der Waals surface area contributed by atoms with Gasteiger partial charge in [-0.1, -0.05) is 77.6 Å². The van der Waals surface area contributed by atoms with Gasteiger partial charge in [0.25, 0.3) is 0 Å². The SMILES string of the molecule is CCCCCCCCCCCCCCC[N+](C)(C)CCCl.[Cl-]. The quantitative estimate of drug-likeness (QED) is 0.226. The summed E-state index contributed by atoms with van der Waals surface area (Å²) in [5.74, 6) is 0.783. The van der Waals surface area contributed by atoms with Crippen molar-refractivity contribution in [3.63, 3.8) is 0 Å². The second-order valence-corrected chi connectivity index (χ2v) is 7.69. The minimum atomic E-state index is 0. The average molecular weight is 354 g/mol. The van der Waals surface area contributed by atoms with Crippen molar-refractivity contribution in [2.24, 2.45) is 0 Å². The Hall–Kier alpha value is 0.540. The fourth-order valence-electron chi connectivity index (χ4n) is 2.90. The Balaban J connectivity index is 0. The molecule has 0 heterocycles. The van der Waals surface area contributed by atoms with Crippen LogP contribution in [0.1, 0.15) is 90.4 Å². The number of nitrogens with zero attached hydrogens (tertiary/aromatic N) is 1. The zero-order valence-electron chi connectivity index (χ0n) is 15.5. The molecule has 0 bridgehead atoms. The summed E-state index contributed by atoms with van der Waals surface area (Å²) in [6, 6.07) is 0. The van der Waals surface area contributed by atoms with Gasteiger partial charge in [0.15, 0.2) is 0 Å². The standard InChI is InChI=1S/C19H41ClN.ClH/c1-4-5-6-7-8-9-10-11-12-13-14-15-16-18-21(2,3)19-17-20;/h4-19H2,1-3H3;1H/q+1;/p-1. The van der Waals surface area contributed by atoms with Crippen molar-refractivity contribution >= 4 is 11.6 Å². The minimum absolute atomic E-state index is 0. The van der Waals surface area contributed by atoms with Crippen LogP contribution in [0.15, 0.2) is 0 Å². The molecule has 0 aromatic heterocycles. The lowest BCUT2D eigenvalue weighted by Gasteiger charge is -2.28. The highest BCUT2D eigenvalue weighted by Gasteiger charge is 2.12. The Morgan fingerprint density at radius 1 is 0.591 bits per heavy atom. The van der Waals surface area contributed by atoms with Crippen LogP contribution in [0.2, 0.25) is 0 Å². The number of unbranched alkanes of at least 4 members (excludes halogenated alkanes) is 12. The van der Waals surface area contributed by atoms with E-state index in [1.165, 1.54) is 90.0 Å². The van der Waals surface area contributed by atoms with Crippen LogP contribution in [0.3, 0.4) is 0 Å². The molecule has 0 aliphatic heterocycles. The zero-order valence-corrected chi connectivity index (χ0v) is 17.0. The molecule has 0 aromatic carbocycles. The van der Waals surface area contributed by atoms with Crippen LogP contribution in [-0.2, 0) is 0 Å². The van der Waals surface area contributed by atoms with Gasteiger partial charge < -0.3 is 16.9 Å². The molecule has 0 aliphatic carbocycles. The van der Waals surface area contributed by atoms with Crippen molar-refractivity contribution in [1.29, 1.82) is 0 Å². The van der Waals surface area contributed by atoms with Crippen molar-refractivity contribution in [2.45, 2.75) is 90.4 Å². The molecule has 22 heavy (non-hydrogen) atoms. The summed E-state index contributed by atoms with van der Waals surface area (Å²) >= 11 is 5.83. The molecule has 136 valence electrons. The third-order valence-corrected chi connectivity index (χ3v) is 4.73. The predicted octanol–water partition coefficient (Wildman–Crippen LogP) is 3.40. The van der Waals surface area contributed by atoms with E-state index >= 15 is 0 Å². The maximum absolute atomic E-state index is 5.83. The second kappa shape index (κ2) is 17.9. The van der Waals surface area contributed by atoms with Gasteiger partial charge in [0.2, 0.25) is 0 Å². The lowest BCUT2D eigenvalue weighted by atomic mass is 10.0. The van der Waals surface area contributed by atoms with E-state index in [0.29, 0.717) is 0 Å². The molecular formula is C19H41Cl2N. The van der Waals surface area contributed by atoms with Gasteiger partial charge in [-0.25, -0.2) is 0 Å². The summed E-state index contributed by atoms with van der Waals surface area (Å²) in [4.78, 5) is 0. The van der Waals surface area contributed by atoms with Crippen LogP contribution in [0, 0.1) is 0 Å². The molecule has 0 fully saturated rings. The molecule has 3 heteroatoms. The summed E-state index contributed by atoms with van der Waals surface area (Å²) in [5, 5.41) is 0. The van der Waals surface area contributed by atoms with E-state index in [-0.39, 0.29) is 12.4 Å². The lowest BCUT2D eigenvalue weighted by molar-refractivity contribution is -0.888. The monoisotopic (exact) mass is 353 g/mol. The Labute approximate surface area is 152 Å². The largest absolute Gasteiger partial charge is 1.00 e. The Bertz CT molecular complexity index is 208. The molecule has 1 nitrogen and oxygen atoms in total. The highest BCUT2D eigenvalue weighted by molar-refractivity contribution is 6.17. The smallest absolute Gasteiger partial charge is 0.0920 e. The molecule has 0 saturated carbocycles. The minimum Gasteiger partial charge on any atom is -1.00 e. The van der Waals surface area contributed by atoms with E-state index in [2.05, 4.69) is 21.0 Å². The third-order valence-electron chi connectivity index (χ3n) is 4.56. The Morgan fingerprint density at radius 3 is 1.32 bits per heavy atom. The number of halogens is 2. The molecule has 0 spiro atoms. The second-order valence-electron chi connectivity index (χ2n) is 7.31. The summed E-state index contributed by atoms with van der Waals surface area (Å²) in [6.07, 6.45) is 18.7. The molecule has 0 N–H and O–H groups in total. The van der Waals surface area contributed by atoms with Crippen molar-refractivity contribution in [2.75, 3.05) is 33.1 Å². The van der Waals surface area contributed by atoms with Gasteiger partial charge in [-0.15, -0.1) is 11.6 Å². The van der Waals surface area contributed by atoms with Gasteiger partial charge >= 0.3 is 0 Å². The highest BCUT2D eigenvalue weighted by atomic mass is 35.5. The fraction of sp³-hybridized carbons (Fsp3) is 1.00.